The van der Waals surface area contributed by atoms with Gasteiger partial charge in [0, 0.05) is 16.2 Å². The summed E-state index contributed by atoms with van der Waals surface area (Å²) < 4.78 is 5.41. The van der Waals surface area contributed by atoms with Crippen LogP contribution in [0.5, 0.6) is 5.75 Å². The first-order valence-electron chi connectivity index (χ1n) is 6.63. The van der Waals surface area contributed by atoms with Crippen molar-refractivity contribution in [1.82, 2.24) is 0 Å². The van der Waals surface area contributed by atoms with E-state index < -0.39 is 0 Å². The first-order valence-corrected chi connectivity index (χ1v) is 7.62. The topological polar surface area (TPSA) is 56.8 Å². The second-order valence-electron chi connectivity index (χ2n) is 4.45. The highest BCUT2D eigenvalue weighted by Crippen LogP contribution is 2.29. The van der Waals surface area contributed by atoms with Crippen LogP contribution in [-0.2, 0) is 5.75 Å². The van der Waals surface area contributed by atoms with Gasteiger partial charge in [-0.3, -0.25) is 0 Å². The summed E-state index contributed by atoms with van der Waals surface area (Å²) in [6.45, 7) is 0. The summed E-state index contributed by atoms with van der Waals surface area (Å²) in [5, 5.41) is 17.6. The van der Waals surface area contributed by atoms with Crippen LogP contribution in [0.3, 0.4) is 0 Å². The summed E-state index contributed by atoms with van der Waals surface area (Å²) in [7, 11) is 1.62. The van der Waals surface area contributed by atoms with Crippen LogP contribution in [0.25, 0.3) is 6.08 Å². The lowest BCUT2D eigenvalue weighted by Gasteiger charge is -2.09. The van der Waals surface area contributed by atoms with Crippen molar-refractivity contribution in [1.29, 1.82) is 10.5 Å². The van der Waals surface area contributed by atoms with E-state index in [0.717, 1.165) is 22.6 Å². The Balaban J connectivity index is 2.18. The zero-order valence-electron chi connectivity index (χ0n) is 12.1. The number of rotatable bonds is 5. The Morgan fingerprint density at radius 1 is 1.14 bits per heavy atom. The maximum atomic E-state index is 8.80. The monoisotopic (exact) mass is 306 g/mol. The molecule has 2 aromatic carbocycles. The maximum absolute atomic E-state index is 8.80. The van der Waals surface area contributed by atoms with Crippen LogP contribution in [0.4, 0.5) is 0 Å². The second kappa shape index (κ2) is 7.93. The quantitative estimate of drug-likeness (QED) is 0.606. The number of ether oxygens (including phenoxy) is 1. The van der Waals surface area contributed by atoms with Gasteiger partial charge in [-0.1, -0.05) is 30.3 Å². The zero-order valence-corrected chi connectivity index (χ0v) is 12.9. The van der Waals surface area contributed by atoms with E-state index in [1.165, 1.54) is 4.90 Å². The summed E-state index contributed by atoms with van der Waals surface area (Å²) >= 11 is 1.73. The number of nitrogens with zero attached hydrogens (tertiary/aromatic N) is 2. The predicted octanol–water partition coefficient (Wildman–Crippen LogP) is 4.42. The Bertz CT molecular complexity index is 739. The Morgan fingerprint density at radius 3 is 2.50 bits per heavy atom. The summed E-state index contributed by atoms with van der Waals surface area (Å²) in [5.74, 6) is 1.55. The third-order valence-corrected chi connectivity index (χ3v) is 4.06. The van der Waals surface area contributed by atoms with Gasteiger partial charge in [-0.2, -0.15) is 10.5 Å². The fourth-order valence-electron chi connectivity index (χ4n) is 1.90. The molecule has 0 heterocycles. The molecule has 2 aromatic rings. The Kier molecular flexibility index (Phi) is 5.65. The van der Waals surface area contributed by atoms with Gasteiger partial charge in [-0.15, -0.1) is 11.8 Å². The molecular weight excluding hydrogens is 292 g/mol. The van der Waals surface area contributed by atoms with Crippen LogP contribution in [0, 0.1) is 22.7 Å². The van der Waals surface area contributed by atoms with Gasteiger partial charge in [0.25, 0.3) is 0 Å². The van der Waals surface area contributed by atoms with Crippen molar-refractivity contribution >= 4 is 17.8 Å². The molecule has 0 aliphatic rings. The molecule has 0 bridgehead atoms. The molecule has 0 N–H and O–H groups in total. The van der Waals surface area contributed by atoms with Crippen molar-refractivity contribution < 1.29 is 4.74 Å². The molecule has 22 heavy (non-hydrogen) atoms. The molecule has 4 heteroatoms. The first kappa shape index (κ1) is 15.7. The molecule has 0 saturated heterocycles. The normalized spacial score (nSPS) is 9.41. The van der Waals surface area contributed by atoms with Gasteiger partial charge < -0.3 is 4.74 Å². The van der Waals surface area contributed by atoms with Crippen molar-refractivity contribution in [2.75, 3.05) is 7.11 Å². The Morgan fingerprint density at radius 2 is 1.86 bits per heavy atom. The molecule has 3 nitrogen and oxygen atoms in total. The summed E-state index contributed by atoms with van der Waals surface area (Å²) in [4.78, 5) is 1.20. The van der Waals surface area contributed by atoms with Gasteiger partial charge in [0.2, 0.25) is 0 Å². The van der Waals surface area contributed by atoms with Gasteiger partial charge in [0.1, 0.15) is 23.5 Å². The molecule has 0 fully saturated rings. The second-order valence-corrected chi connectivity index (χ2v) is 5.50. The molecule has 2 rings (SSSR count). The Labute approximate surface area is 134 Å². The van der Waals surface area contributed by atoms with Crippen LogP contribution < -0.4 is 4.74 Å². The van der Waals surface area contributed by atoms with Gasteiger partial charge in [0.05, 0.1) is 7.11 Å². The van der Waals surface area contributed by atoms with E-state index in [1.807, 2.05) is 48.5 Å². The number of thioether (sulfide) groups is 1. The van der Waals surface area contributed by atoms with Crippen LogP contribution in [0.1, 0.15) is 11.1 Å². The van der Waals surface area contributed by atoms with E-state index in [0.29, 0.717) is 0 Å². The minimum Gasteiger partial charge on any atom is -0.496 e. The number of nitriles is 2. The molecule has 0 saturated carbocycles. The molecular formula is C18H14N2OS. The highest BCUT2D eigenvalue weighted by molar-refractivity contribution is 7.98. The smallest absolute Gasteiger partial charge is 0.130 e. The maximum Gasteiger partial charge on any atom is 0.130 e. The fourth-order valence-corrected chi connectivity index (χ4v) is 2.81. The summed E-state index contributed by atoms with van der Waals surface area (Å²) in [6.07, 6.45) is 1.55. The van der Waals surface area contributed by atoms with Crippen LogP contribution >= 0.6 is 11.8 Å². The van der Waals surface area contributed by atoms with Crippen molar-refractivity contribution in [2.45, 2.75) is 10.6 Å². The number of allylic oxidation sites excluding steroid dienone is 1. The SMILES string of the molecule is COc1cc(C=C(C#N)C#N)ccc1CSc1ccccc1. The molecule has 0 amide bonds. The summed E-state index contributed by atoms with van der Waals surface area (Å²) in [6, 6.07) is 19.6. The molecule has 108 valence electrons. The molecule has 0 aliphatic heterocycles. The third-order valence-electron chi connectivity index (χ3n) is 3.00. The molecule has 0 unspecified atom stereocenters. The third kappa shape index (κ3) is 4.15. The molecule has 0 aliphatic carbocycles. The van der Waals surface area contributed by atoms with Gasteiger partial charge in [0.15, 0.2) is 0 Å². The number of benzene rings is 2. The van der Waals surface area contributed by atoms with Crippen molar-refractivity contribution in [2.24, 2.45) is 0 Å². The van der Waals surface area contributed by atoms with E-state index in [1.54, 1.807) is 24.9 Å². The molecule has 0 aromatic heterocycles. The minimum atomic E-state index is 0.0773. The largest absolute Gasteiger partial charge is 0.496 e. The molecule has 0 spiro atoms. The highest BCUT2D eigenvalue weighted by Gasteiger charge is 2.05. The van der Waals surface area contributed by atoms with E-state index in [9.17, 15) is 0 Å². The molecule has 0 atom stereocenters. The number of hydrogen-bond donors (Lipinski definition) is 0. The fraction of sp³-hybridized carbons (Fsp3) is 0.111. The Hall–Kier alpha value is -2.69. The number of hydrogen-bond acceptors (Lipinski definition) is 4. The van der Waals surface area contributed by atoms with E-state index in [-0.39, 0.29) is 5.57 Å². The summed E-state index contributed by atoms with van der Waals surface area (Å²) in [5.41, 5.74) is 1.93. The highest BCUT2D eigenvalue weighted by atomic mass is 32.2. The van der Waals surface area contributed by atoms with E-state index in [4.69, 9.17) is 15.3 Å². The van der Waals surface area contributed by atoms with Gasteiger partial charge in [-0.05, 0) is 29.8 Å². The molecule has 0 radical (unpaired) electrons. The van der Waals surface area contributed by atoms with E-state index in [2.05, 4.69) is 12.1 Å². The van der Waals surface area contributed by atoms with Crippen LogP contribution in [0.15, 0.2) is 59.0 Å². The zero-order chi connectivity index (χ0) is 15.8. The lowest BCUT2D eigenvalue weighted by Crippen LogP contribution is -1.91. The van der Waals surface area contributed by atoms with Gasteiger partial charge in [-0.25, -0.2) is 0 Å². The standard InChI is InChI=1S/C18H14N2OS/c1-21-18-10-14(9-15(11-19)12-20)7-8-16(18)13-22-17-5-3-2-4-6-17/h2-10H,13H2,1H3. The number of methoxy groups -OCH3 is 1. The van der Waals surface area contributed by atoms with Crippen LogP contribution in [0.2, 0.25) is 0 Å². The van der Waals surface area contributed by atoms with E-state index >= 15 is 0 Å². The average Bonchev–Trinajstić information content (AvgIpc) is 2.59. The van der Waals surface area contributed by atoms with Crippen molar-refractivity contribution in [3.8, 4) is 17.9 Å². The lowest BCUT2D eigenvalue weighted by molar-refractivity contribution is 0.411. The minimum absolute atomic E-state index is 0.0773. The van der Waals surface area contributed by atoms with Crippen LogP contribution in [-0.4, -0.2) is 7.11 Å². The average molecular weight is 306 g/mol. The van der Waals surface area contributed by atoms with Gasteiger partial charge >= 0.3 is 0 Å². The van der Waals surface area contributed by atoms with Crippen molar-refractivity contribution in [3.05, 3.63) is 65.2 Å². The first-order chi connectivity index (χ1) is 10.8. The lowest BCUT2D eigenvalue weighted by atomic mass is 10.1. The predicted molar refractivity (Wildman–Crippen MR) is 88.2 cm³/mol. The van der Waals surface area contributed by atoms with Crippen molar-refractivity contribution in [3.63, 3.8) is 0 Å².